The van der Waals surface area contributed by atoms with E-state index in [9.17, 15) is 4.79 Å². The Morgan fingerprint density at radius 3 is 2.60 bits per heavy atom. The van der Waals surface area contributed by atoms with Crippen molar-refractivity contribution in [3.8, 4) is 0 Å². The number of carbonyl (C=O) groups excluding carboxylic acids is 1. The van der Waals surface area contributed by atoms with E-state index in [0.717, 1.165) is 32.1 Å². The molecule has 1 aliphatic carbocycles. The van der Waals surface area contributed by atoms with E-state index in [1.165, 1.54) is 5.56 Å². The maximum atomic E-state index is 12.6. The largest absolute Gasteiger partial charge is 0.342 e. The van der Waals surface area contributed by atoms with Crippen molar-refractivity contribution in [3.05, 3.63) is 35.9 Å². The van der Waals surface area contributed by atoms with Gasteiger partial charge in [-0.1, -0.05) is 37.3 Å². The van der Waals surface area contributed by atoms with Crippen LogP contribution in [0.4, 0.5) is 0 Å². The van der Waals surface area contributed by atoms with Gasteiger partial charge in [0, 0.05) is 25.0 Å². The van der Waals surface area contributed by atoms with E-state index in [-0.39, 0.29) is 23.9 Å². The molecule has 2 N–H and O–H groups in total. The Morgan fingerprint density at radius 1 is 1.35 bits per heavy atom. The van der Waals surface area contributed by atoms with Crippen LogP contribution in [0.2, 0.25) is 0 Å². The first kappa shape index (κ1) is 15.0. The van der Waals surface area contributed by atoms with Crippen molar-refractivity contribution >= 4 is 5.91 Å². The number of nitrogens with zero attached hydrogens (tertiary/aromatic N) is 1. The third-order valence-electron chi connectivity index (χ3n) is 4.50. The molecule has 1 saturated carbocycles. The summed E-state index contributed by atoms with van der Waals surface area (Å²) in [6.45, 7) is 2.15. The number of nitrogens with two attached hydrogens (primary N) is 1. The number of benzene rings is 1. The summed E-state index contributed by atoms with van der Waals surface area (Å²) in [7, 11) is 1.95. The number of hydrogen-bond acceptors (Lipinski definition) is 2. The SMILES string of the molecule is CCC(Cc1ccccc1)N(C)C(=O)C1CCC(N)C1. The molecule has 1 aliphatic rings. The summed E-state index contributed by atoms with van der Waals surface area (Å²) in [4.78, 5) is 14.5. The van der Waals surface area contributed by atoms with Crippen molar-refractivity contribution in [2.24, 2.45) is 11.7 Å². The highest BCUT2D eigenvalue weighted by Gasteiger charge is 2.31. The standard InChI is InChI=1S/C17H26N2O/c1-3-16(11-13-7-5-4-6-8-13)19(2)17(20)14-9-10-15(18)12-14/h4-8,14-16H,3,9-12,18H2,1-2H3. The van der Waals surface area contributed by atoms with Crippen molar-refractivity contribution in [2.75, 3.05) is 7.05 Å². The zero-order valence-corrected chi connectivity index (χ0v) is 12.6. The molecule has 0 bridgehead atoms. The van der Waals surface area contributed by atoms with Crippen molar-refractivity contribution in [3.63, 3.8) is 0 Å². The Labute approximate surface area is 122 Å². The van der Waals surface area contributed by atoms with Crippen LogP contribution in [0.3, 0.4) is 0 Å². The molecule has 0 saturated heterocycles. The molecule has 110 valence electrons. The van der Waals surface area contributed by atoms with Crippen LogP contribution in [-0.4, -0.2) is 29.9 Å². The first-order valence-corrected chi connectivity index (χ1v) is 7.68. The summed E-state index contributed by atoms with van der Waals surface area (Å²) in [5, 5.41) is 0. The van der Waals surface area contributed by atoms with E-state index in [0.29, 0.717) is 0 Å². The molecule has 1 aromatic rings. The smallest absolute Gasteiger partial charge is 0.225 e. The van der Waals surface area contributed by atoms with Gasteiger partial charge in [-0.05, 0) is 37.7 Å². The van der Waals surface area contributed by atoms with Crippen molar-refractivity contribution in [1.82, 2.24) is 4.90 Å². The van der Waals surface area contributed by atoms with Crippen molar-refractivity contribution in [1.29, 1.82) is 0 Å². The Morgan fingerprint density at radius 2 is 2.05 bits per heavy atom. The molecule has 0 radical (unpaired) electrons. The molecule has 3 nitrogen and oxygen atoms in total. The first-order chi connectivity index (χ1) is 9.61. The van der Waals surface area contributed by atoms with Gasteiger partial charge in [0.1, 0.15) is 0 Å². The van der Waals surface area contributed by atoms with E-state index < -0.39 is 0 Å². The van der Waals surface area contributed by atoms with Crippen molar-refractivity contribution in [2.45, 2.75) is 51.1 Å². The monoisotopic (exact) mass is 274 g/mol. The average molecular weight is 274 g/mol. The summed E-state index contributed by atoms with van der Waals surface area (Å²) < 4.78 is 0. The van der Waals surface area contributed by atoms with Gasteiger partial charge in [0.05, 0.1) is 0 Å². The van der Waals surface area contributed by atoms with Gasteiger partial charge in [-0.2, -0.15) is 0 Å². The minimum Gasteiger partial charge on any atom is -0.342 e. The number of hydrogen-bond donors (Lipinski definition) is 1. The van der Waals surface area contributed by atoms with Crippen LogP contribution in [-0.2, 0) is 11.2 Å². The second-order valence-electron chi connectivity index (χ2n) is 5.97. The van der Waals surface area contributed by atoms with E-state index >= 15 is 0 Å². The molecule has 3 unspecified atom stereocenters. The molecule has 3 atom stereocenters. The quantitative estimate of drug-likeness (QED) is 0.897. The fraction of sp³-hybridized carbons (Fsp3) is 0.588. The Balaban J connectivity index is 1.98. The van der Waals surface area contributed by atoms with E-state index in [1.54, 1.807) is 0 Å². The van der Waals surface area contributed by atoms with Crippen LogP contribution in [0.1, 0.15) is 38.2 Å². The second-order valence-corrected chi connectivity index (χ2v) is 5.97. The summed E-state index contributed by atoms with van der Waals surface area (Å²) >= 11 is 0. The molecule has 0 aliphatic heterocycles. The molecule has 1 aromatic carbocycles. The molecular weight excluding hydrogens is 248 g/mol. The third kappa shape index (κ3) is 3.60. The van der Waals surface area contributed by atoms with Gasteiger partial charge in [0.25, 0.3) is 0 Å². The Bertz CT molecular complexity index is 432. The lowest BCUT2D eigenvalue weighted by Gasteiger charge is -2.30. The lowest BCUT2D eigenvalue weighted by molar-refractivity contribution is -0.136. The molecule has 3 heteroatoms. The van der Waals surface area contributed by atoms with Crippen LogP contribution in [0.15, 0.2) is 30.3 Å². The van der Waals surface area contributed by atoms with E-state index in [4.69, 9.17) is 5.73 Å². The number of rotatable bonds is 5. The predicted octanol–water partition coefficient (Wildman–Crippen LogP) is 2.59. The zero-order valence-electron chi connectivity index (χ0n) is 12.6. The Hall–Kier alpha value is -1.35. The van der Waals surface area contributed by atoms with Gasteiger partial charge in [-0.25, -0.2) is 0 Å². The summed E-state index contributed by atoms with van der Waals surface area (Å²) in [6, 6.07) is 10.9. The highest BCUT2D eigenvalue weighted by Crippen LogP contribution is 2.27. The fourth-order valence-electron chi connectivity index (χ4n) is 3.15. The average Bonchev–Trinajstić information content (AvgIpc) is 2.91. The lowest BCUT2D eigenvalue weighted by Crippen LogP contribution is -2.41. The highest BCUT2D eigenvalue weighted by molar-refractivity contribution is 5.79. The predicted molar refractivity (Wildman–Crippen MR) is 82.3 cm³/mol. The zero-order chi connectivity index (χ0) is 14.5. The van der Waals surface area contributed by atoms with Crippen LogP contribution in [0.5, 0.6) is 0 Å². The lowest BCUT2D eigenvalue weighted by atomic mass is 10.00. The van der Waals surface area contributed by atoms with Crippen LogP contribution < -0.4 is 5.73 Å². The van der Waals surface area contributed by atoms with E-state index in [1.807, 2.05) is 18.0 Å². The summed E-state index contributed by atoms with van der Waals surface area (Å²) in [6.07, 6.45) is 4.70. The molecular formula is C17H26N2O. The molecule has 0 heterocycles. The summed E-state index contributed by atoms with van der Waals surface area (Å²) in [5.74, 6) is 0.417. The van der Waals surface area contributed by atoms with Gasteiger partial charge in [0.15, 0.2) is 0 Å². The fourth-order valence-corrected chi connectivity index (χ4v) is 3.15. The van der Waals surface area contributed by atoms with Crippen LogP contribution in [0.25, 0.3) is 0 Å². The number of amides is 1. The third-order valence-corrected chi connectivity index (χ3v) is 4.50. The number of likely N-dealkylation sites (N-methyl/N-ethyl adjacent to an activating group) is 1. The molecule has 20 heavy (non-hydrogen) atoms. The van der Waals surface area contributed by atoms with Gasteiger partial charge >= 0.3 is 0 Å². The highest BCUT2D eigenvalue weighted by atomic mass is 16.2. The number of carbonyl (C=O) groups is 1. The normalized spacial score (nSPS) is 23.6. The van der Waals surface area contributed by atoms with Crippen molar-refractivity contribution < 1.29 is 4.79 Å². The molecule has 0 aromatic heterocycles. The minimum atomic E-state index is 0.139. The molecule has 0 spiro atoms. The molecule has 2 rings (SSSR count). The maximum absolute atomic E-state index is 12.6. The van der Waals surface area contributed by atoms with Gasteiger partial charge in [-0.3, -0.25) is 4.79 Å². The van der Waals surface area contributed by atoms with Gasteiger partial charge in [0.2, 0.25) is 5.91 Å². The van der Waals surface area contributed by atoms with E-state index in [2.05, 4.69) is 31.2 Å². The van der Waals surface area contributed by atoms with Gasteiger partial charge in [-0.15, -0.1) is 0 Å². The second kappa shape index (κ2) is 6.89. The summed E-state index contributed by atoms with van der Waals surface area (Å²) in [5.41, 5.74) is 7.22. The first-order valence-electron chi connectivity index (χ1n) is 7.68. The minimum absolute atomic E-state index is 0.139. The van der Waals surface area contributed by atoms with Crippen LogP contribution >= 0.6 is 0 Å². The van der Waals surface area contributed by atoms with Gasteiger partial charge < -0.3 is 10.6 Å². The topological polar surface area (TPSA) is 46.3 Å². The molecule has 1 amide bonds. The molecule has 1 fully saturated rings. The Kier molecular flexibility index (Phi) is 5.18. The van der Waals surface area contributed by atoms with Crippen LogP contribution in [0, 0.1) is 5.92 Å². The maximum Gasteiger partial charge on any atom is 0.225 e.